The fourth-order valence-corrected chi connectivity index (χ4v) is 3.82. The van der Waals surface area contributed by atoms with Gasteiger partial charge in [-0.1, -0.05) is 13.8 Å². The molecule has 1 aliphatic rings. The van der Waals surface area contributed by atoms with Gasteiger partial charge in [0.25, 0.3) is 5.91 Å². The summed E-state index contributed by atoms with van der Waals surface area (Å²) in [5.41, 5.74) is 2.35. The fourth-order valence-electron chi connectivity index (χ4n) is 3.82. The van der Waals surface area contributed by atoms with E-state index in [2.05, 4.69) is 48.2 Å². The van der Waals surface area contributed by atoms with Gasteiger partial charge in [0, 0.05) is 24.7 Å². The smallest absolute Gasteiger partial charge is 0.255 e. The third-order valence-electron chi connectivity index (χ3n) is 5.77. The van der Waals surface area contributed by atoms with Gasteiger partial charge in [-0.3, -0.25) is 9.89 Å². The van der Waals surface area contributed by atoms with Crippen molar-refractivity contribution in [3.63, 3.8) is 0 Å². The minimum absolute atomic E-state index is 0.0176. The van der Waals surface area contributed by atoms with Crippen LogP contribution in [0.15, 0.2) is 36.5 Å². The van der Waals surface area contributed by atoms with E-state index in [1.54, 1.807) is 30.5 Å². The van der Waals surface area contributed by atoms with Gasteiger partial charge in [-0.05, 0) is 50.1 Å². The summed E-state index contributed by atoms with van der Waals surface area (Å²) in [4.78, 5) is 20.3. The lowest BCUT2D eigenvalue weighted by molar-refractivity contribution is 0.0355. The van der Waals surface area contributed by atoms with Crippen molar-refractivity contribution < 1.29 is 9.90 Å². The zero-order valence-electron chi connectivity index (χ0n) is 17.2. The number of carbonyl (C=O) groups excluding carboxylic acids is 1. The highest BCUT2D eigenvalue weighted by atomic mass is 16.3. The predicted molar refractivity (Wildman–Crippen MR) is 113 cm³/mol. The van der Waals surface area contributed by atoms with E-state index in [1.165, 1.54) is 0 Å². The van der Waals surface area contributed by atoms with Crippen LogP contribution in [0.1, 0.15) is 38.1 Å². The van der Waals surface area contributed by atoms with Crippen molar-refractivity contribution >= 4 is 16.9 Å². The molecule has 7 nitrogen and oxygen atoms in total. The molecule has 1 aromatic carbocycles. The number of rotatable bonds is 3. The summed E-state index contributed by atoms with van der Waals surface area (Å²) in [5, 5.41) is 20.9. The first-order valence-corrected chi connectivity index (χ1v) is 9.95. The van der Waals surface area contributed by atoms with Gasteiger partial charge in [-0.25, -0.2) is 4.98 Å². The number of fused-ring (bicyclic) bond motifs is 1. The van der Waals surface area contributed by atoms with Crippen molar-refractivity contribution in [3.05, 3.63) is 42.1 Å². The molecule has 1 saturated heterocycles. The second kappa shape index (κ2) is 7.15. The maximum absolute atomic E-state index is 13.7. The Bertz CT molecular complexity index is 1040. The molecule has 0 spiro atoms. The molecule has 29 heavy (non-hydrogen) atoms. The number of phenolic OH excluding ortho intramolecular Hbond substituents is 1. The number of pyridine rings is 1. The lowest BCUT2D eigenvalue weighted by Gasteiger charge is -2.47. The number of amides is 1. The molecular weight excluding hydrogens is 366 g/mol. The van der Waals surface area contributed by atoms with Crippen molar-refractivity contribution in [2.75, 3.05) is 13.1 Å². The molecule has 1 unspecified atom stereocenters. The average Bonchev–Trinajstić information content (AvgIpc) is 3.15. The minimum atomic E-state index is -0.305. The number of benzene rings is 1. The van der Waals surface area contributed by atoms with Crippen LogP contribution in [0.2, 0.25) is 0 Å². The highest BCUT2D eigenvalue weighted by Crippen LogP contribution is 2.29. The van der Waals surface area contributed by atoms with Crippen molar-refractivity contribution in [2.24, 2.45) is 5.92 Å². The molecular formula is C22H27N5O2. The zero-order valence-corrected chi connectivity index (χ0v) is 17.2. The van der Waals surface area contributed by atoms with E-state index in [4.69, 9.17) is 0 Å². The van der Waals surface area contributed by atoms with Crippen LogP contribution in [0.3, 0.4) is 0 Å². The molecule has 152 valence electrons. The third-order valence-corrected chi connectivity index (χ3v) is 5.77. The van der Waals surface area contributed by atoms with Crippen molar-refractivity contribution in [1.29, 1.82) is 0 Å². The van der Waals surface area contributed by atoms with E-state index in [0.717, 1.165) is 12.1 Å². The first kappa shape index (κ1) is 19.4. The number of nitrogens with zero attached hydrogens (tertiary/aromatic N) is 3. The predicted octanol–water partition coefficient (Wildman–Crippen LogP) is 3.18. The maximum atomic E-state index is 13.7. The molecule has 0 bridgehead atoms. The number of carbonyl (C=O) groups is 1. The molecule has 7 heteroatoms. The molecule has 1 fully saturated rings. The van der Waals surface area contributed by atoms with E-state index in [-0.39, 0.29) is 23.2 Å². The van der Waals surface area contributed by atoms with Gasteiger partial charge in [0.05, 0.1) is 28.4 Å². The van der Waals surface area contributed by atoms with Crippen molar-refractivity contribution in [2.45, 2.75) is 39.3 Å². The summed E-state index contributed by atoms with van der Waals surface area (Å²) in [5.74, 6) is 0.603. The number of hydrogen-bond acceptors (Lipinski definition) is 5. The van der Waals surface area contributed by atoms with Crippen molar-refractivity contribution in [1.82, 2.24) is 25.4 Å². The molecule has 3 N–H and O–H groups in total. The van der Waals surface area contributed by atoms with Gasteiger partial charge >= 0.3 is 0 Å². The molecule has 1 atom stereocenters. The summed E-state index contributed by atoms with van der Waals surface area (Å²) in [6, 6.07) is 8.89. The Kier molecular flexibility index (Phi) is 4.78. The van der Waals surface area contributed by atoms with E-state index in [9.17, 15) is 9.90 Å². The number of aromatic hydroxyl groups is 1. The fraction of sp³-hybridized carbons (Fsp3) is 0.409. The second-order valence-electron chi connectivity index (χ2n) is 8.69. The van der Waals surface area contributed by atoms with Gasteiger partial charge in [0.15, 0.2) is 5.65 Å². The van der Waals surface area contributed by atoms with Gasteiger partial charge in [0.1, 0.15) is 5.75 Å². The molecule has 3 heterocycles. The van der Waals surface area contributed by atoms with E-state index in [1.807, 2.05) is 11.0 Å². The number of H-pyrrole nitrogens is 1. The number of aromatic amines is 1. The summed E-state index contributed by atoms with van der Waals surface area (Å²) in [7, 11) is 0. The van der Waals surface area contributed by atoms with Gasteiger partial charge in [-0.15, -0.1) is 0 Å². The Morgan fingerprint density at radius 2 is 2.00 bits per heavy atom. The van der Waals surface area contributed by atoms with Gasteiger partial charge in [0.2, 0.25) is 0 Å². The van der Waals surface area contributed by atoms with E-state index in [0.29, 0.717) is 34.8 Å². The zero-order chi connectivity index (χ0) is 20.8. The number of aromatic nitrogens is 3. The first-order chi connectivity index (χ1) is 13.8. The number of piperazine rings is 1. The van der Waals surface area contributed by atoms with Gasteiger partial charge in [-0.2, -0.15) is 5.10 Å². The lowest BCUT2D eigenvalue weighted by atomic mass is 9.91. The third kappa shape index (κ3) is 3.58. The van der Waals surface area contributed by atoms with Crippen molar-refractivity contribution in [3.8, 4) is 17.0 Å². The quantitative estimate of drug-likeness (QED) is 0.635. The van der Waals surface area contributed by atoms with Crippen LogP contribution in [-0.4, -0.2) is 55.8 Å². The van der Waals surface area contributed by atoms with Crippen LogP contribution < -0.4 is 5.32 Å². The van der Waals surface area contributed by atoms with Crippen LogP contribution in [0, 0.1) is 5.92 Å². The molecule has 4 rings (SSSR count). The SMILES string of the molecule is CC(C)C1CN(C(=O)c2cc(-c3ccc(O)cc3)nc3[nH]ncc23)C(C)(C)CN1. The first-order valence-electron chi connectivity index (χ1n) is 9.95. The topological polar surface area (TPSA) is 94.1 Å². The second-order valence-corrected chi connectivity index (χ2v) is 8.69. The molecule has 0 saturated carbocycles. The largest absolute Gasteiger partial charge is 0.508 e. The Morgan fingerprint density at radius 1 is 1.28 bits per heavy atom. The number of hydrogen-bond donors (Lipinski definition) is 3. The summed E-state index contributed by atoms with van der Waals surface area (Å²) >= 11 is 0. The number of phenols is 1. The summed E-state index contributed by atoms with van der Waals surface area (Å²) in [6.07, 6.45) is 1.66. The molecule has 2 aromatic heterocycles. The lowest BCUT2D eigenvalue weighted by Crippen LogP contribution is -2.64. The van der Waals surface area contributed by atoms with E-state index < -0.39 is 0 Å². The molecule has 1 amide bonds. The minimum Gasteiger partial charge on any atom is -0.508 e. The number of nitrogens with one attached hydrogen (secondary N) is 2. The van der Waals surface area contributed by atoms with Crippen LogP contribution in [-0.2, 0) is 0 Å². The van der Waals surface area contributed by atoms with E-state index >= 15 is 0 Å². The Hall–Kier alpha value is -2.93. The monoisotopic (exact) mass is 393 g/mol. The maximum Gasteiger partial charge on any atom is 0.255 e. The molecule has 3 aromatic rings. The average molecular weight is 393 g/mol. The standard InChI is InChI=1S/C22H27N5O2/c1-13(2)19-11-27(22(3,4)12-23-19)21(29)16-9-18(14-5-7-15(28)8-6-14)25-20-17(16)10-24-26-20/h5-10,13,19,23,28H,11-12H2,1-4H3,(H,24,25,26). The van der Waals surface area contributed by atoms with Crippen LogP contribution in [0.5, 0.6) is 5.75 Å². The Balaban J connectivity index is 1.78. The van der Waals surface area contributed by atoms with Crippen LogP contribution in [0.4, 0.5) is 0 Å². The summed E-state index contributed by atoms with van der Waals surface area (Å²) < 4.78 is 0. The highest BCUT2D eigenvalue weighted by Gasteiger charge is 2.38. The Morgan fingerprint density at radius 3 is 2.69 bits per heavy atom. The summed E-state index contributed by atoms with van der Waals surface area (Å²) in [6.45, 7) is 9.91. The van der Waals surface area contributed by atoms with Gasteiger partial charge < -0.3 is 15.3 Å². The molecule has 0 aliphatic carbocycles. The molecule has 0 radical (unpaired) electrons. The highest BCUT2D eigenvalue weighted by molar-refractivity contribution is 6.06. The normalized spacial score (nSPS) is 19.1. The Labute approximate surface area is 170 Å². The molecule has 1 aliphatic heterocycles. The van der Waals surface area contributed by atoms with Crippen LogP contribution in [0.25, 0.3) is 22.3 Å². The van der Waals surface area contributed by atoms with Crippen LogP contribution >= 0.6 is 0 Å².